The van der Waals surface area contributed by atoms with Gasteiger partial charge < -0.3 is 11.1 Å². The molecule has 1 fully saturated rings. The van der Waals surface area contributed by atoms with Crippen LogP contribution in [-0.2, 0) is 6.18 Å². The highest BCUT2D eigenvalue weighted by molar-refractivity contribution is 9.10. The summed E-state index contributed by atoms with van der Waals surface area (Å²) in [5, 5.41) is 3.29. The summed E-state index contributed by atoms with van der Waals surface area (Å²) in [7, 11) is 0. The van der Waals surface area contributed by atoms with Gasteiger partial charge in [-0.25, -0.2) is 0 Å². The summed E-state index contributed by atoms with van der Waals surface area (Å²) < 4.78 is 38.1. The second-order valence-corrected chi connectivity index (χ2v) is 5.72. The Morgan fingerprint density at radius 2 is 2.05 bits per heavy atom. The lowest BCUT2D eigenvalue weighted by Crippen LogP contribution is -2.29. The van der Waals surface area contributed by atoms with Crippen LogP contribution in [0.25, 0.3) is 0 Å². The molecule has 1 aromatic carbocycles. The quantitative estimate of drug-likeness (QED) is 0.875. The van der Waals surface area contributed by atoms with Crippen molar-refractivity contribution in [3.8, 4) is 0 Å². The first kappa shape index (κ1) is 14.7. The summed E-state index contributed by atoms with van der Waals surface area (Å²) >= 11 is 3.19. The summed E-state index contributed by atoms with van der Waals surface area (Å²) in [6.07, 6.45) is -1.12. The first-order valence-corrected chi connectivity index (χ1v) is 7.04. The van der Waals surface area contributed by atoms with Gasteiger partial charge in [0.25, 0.3) is 0 Å². The molecule has 2 unspecified atom stereocenters. The molecule has 0 amide bonds. The number of anilines is 1. The molecule has 106 valence electrons. The van der Waals surface area contributed by atoms with E-state index in [0.29, 0.717) is 22.6 Å². The van der Waals surface area contributed by atoms with Crippen molar-refractivity contribution in [3.63, 3.8) is 0 Å². The number of rotatable bonds is 3. The molecule has 0 radical (unpaired) electrons. The molecule has 3 N–H and O–H groups in total. The molecule has 1 saturated carbocycles. The number of hydrogen-bond donors (Lipinski definition) is 2. The van der Waals surface area contributed by atoms with Crippen molar-refractivity contribution in [2.45, 2.75) is 31.5 Å². The lowest BCUT2D eigenvalue weighted by atomic mass is 10.0. The smallest absolute Gasteiger partial charge is 0.381 e. The normalized spacial score (nSPS) is 23.6. The Kier molecular flexibility index (Phi) is 4.40. The fraction of sp³-hybridized carbons (Fsp3) is 0.538. The van der Waals surface area contributed by atoms with Crippen LogP contribution in [0.4, 0.5) is 18.9 Å². The van der Waals surface area contributed by atoms with Gasteiger partial charge >= 0.3 is 6.18 Å². The average Bonchev–Trinajstić information content (AvgIpc) is 2.77. The van der Waals surface area contributed by atoms with Gasteiger partial charge in [-0.1, -0.05) is 6.42 Å². The number of nitrogens with one attached hydrogen (secondary N) is 1. The summed E-state index contributed by atoms with van der Waals surface area (Å²) in [6.45, 7) is 0.607. The third-order valence-corrected chi connectivity index (χ3v) is 4.26. The third-order valence-electron chi connectivity index (χ3n) is 3.60. The maximum absolute atomic E-state index is 12.6. The molecule has 0 saturated heterocycles. The molecule has 0 aliphatic heterocycles. The average molecular weight is 337 g/mol. The number of halogens is 4. The fourth-order valence-electron chi connectivity index (χ4n) is 2.52. The SMILES string of the molecule is NCC1CCCC1Nc1ccc(C(F)(F)F)cc1Br. The van der Waals surface area contributed by atoms with E-state index in [4.69, 9.17) is 5.73 Å². The van der Waals surface area contributed by atoms with E-state index in [1.807, 2.05) is 0 Å². The van der Waals surface area contributed by atoms with Crippen LogP contribution in [0.3, 0.4) is 0 Å². The molecule has 6 heteroatoms. The predicted octanol–water partition coefficient (Wildman–Crippen LogP) is 4.01. The van der Waals surface area contributed by atoms with Gasteiger partial charge in [0.2, 0.25) is 0 Å². The van der Waals surface area contributed by atoms with Gasteiger partial charge in [0.1, 0.15) is 0 Å². The Labute approximate surface area is 118 Å². The molecule has 1 aliphatic carbocycles. The molecule has 1 aromatic rings. The van der Waals surface area contributed by atoms with Crippen LogP contribution in [0, 0.1) is 5.92 Å². The van der Waals surface area contributed by atoms with E-state index >= 15 is 0 Å². The Morgan fingerprint density at radius 1 is 1.32 bits per heavy atom. The molecular formula is C13H16BrF3N2. The molecule has 0 spiro atoms. The van der Waals surface area contributed by atoms with Crippen molar-refractivity contribution in [1.82, 2.24) is 0 Å². The van der Waals surface area contributed by atoms with Crippen molar-refractivity contribution < 1.29 is 13.2 Å². The number of hydrogen-bond acceptors (Lipinski definition) is 2. The zero-order valence-electron chi connectivity index (χ0n) is 10.3. The van der Waals surface area contributed by atoms with Gasteiger partial charge in [0, 0.05) is 16.2 Å². The molecule has 2 nitrogen and oxygen atoms in total. The molecule has 0 aromatic heterocycles. The van der Waals surface area contributed by atoms with Crippen LogP contribution in [-0.4, -0.2) is 12.6 Å². The van der Waals surface area contributed by atoms with Crippen molar-refractivity contribution in [2.75, 3.05) is 11.9 Å². The Hall–Kier alpha value is -0.750. The monoisotopic (exact) mass is 336 g/mol. The van der Waals surface area contributed by atoms with E-state index in [0.717, 1.165) is 31.4 Å². The molecular weight excluding hydrogens is 321 g/mol. The van der Waals surface area contributed by atoms with E-state index in [1.165, 1.54) is 6.07 Å². The Balaban J connectivity index is 2.13. The van der Waals surface area contributed by atoms with E-state index in [1.54, 1.807) is 0 Å². The summed E-state index contributed by atoms with van der Waals surface area (Å²) in [5.41, 5.74) is 5.74. The van der Waals surface area contributed by atoms with Gasteiger partial charge in [-0.05, 0) is 59.4 Å². The number of benzene rings is 1. The minimum absolute atomic E-state index is 0.248. The lowest BCUT2D eigenvalue weighted by molar-refractivity contribution is -0.137. The van der Waals surface area contributed by atoms with Crippen LogP contribution in [0.15, 0.2) is 22.7 Å². The Bertz CT molecular complexity index is 448. The van der Waals surface area contributed by atoms with Gasteiger partial charge in [0.05, 0.1) is 5.56 Å². The Morgan fingerprint density at radius 3 is 2.63 bits per heavy atom. The van der Waals surface area contributed by atoms with Crippen molar-refractivity contribution in [2.24, 2.45) is 11.7 Å². The van der Waals surface area contributed by atoms with Crippen molar-refractivity contribution >= 4 is 21.6 Å². The number of alkyl halides is 3. The minimum Gasteiger partial charge on any atom is -0.381 e. The van der Waals surface area contributed by atoms with Gasteiger partial charge in [-0.3, -0.25) is 0 Å². The maximum Gasteiger partial charge on any atom is 0.416 e. The van der Waals surface area contributed by atoms with Gasteiger partial charge in [-0.2, -0.15) is 13.2 Å². The molecule has 1 aliphatic rings. The van der Waals surface area contributed by atoms with Gasteiger partial charge in [-0.15, -0.1) is 0 Å². The molecule has 2 rings (SSSR count). The highest BCUT2D eigenvalue weighted by Gasteiger charge is 2.31. The van der Waals surface area contributed by atoms with E-state index in [2.05, 4.69) is 21.2 Å². The van der Waals surface area contributed by atoms with Crippen LogP contribution < -0.4 is 11.1 Å². The van der Waals surface area contributed by atoms with Gasteiger partial charge in [0.15, 0.2) is 0 Å². The predicted molar refractivity (Wildman–Crippen MR) is 73.0 cm³/mol. The van der Waals surface area contributed by atoms with Crippen molar-refractivity contribution in [1.29, 1.82) is 0 Å². The second kappa shape index (κ2) is 5.71. The largest absolute Gasteiger partial charge is 0.416 e. The van der Waals surface area contributed by atoms with Crippen LogP contribution in [0.2, 0.25) is 0 Å². The van der Waals surface area contributed by atoms with Crippen LogP contribution in [0.5, 0.6) is 0 Å². The van der Waals surface area contributed by atoms with Crippen molar-refractivity contribution in [3.05, 3.63) is 28.2 Å². The summed E-state index contributed by atoms with van der Waals surface area (Å²) in [6, 6.07) is 3.92. The third kappa shape index (κ3) is 3.42. The fourth-order valence-corrected chi connectivity index (χ4v) is 3.01. The standard InChI is InChI=1S/C13H16BrF3N2/c14-10-6-9(13(15,16)17)4-5-12(10)19-11-3-1-2-8(11)7-18/h4-6,8,11,19H,1-3,7,18H2. The molecule has 0 heterocycles. The highest BCUT2D eigenvalue weighted by atomic mass is 79.9. The first-order valence-electron chi connectivity index (χ1n) is 6.25. The van der Waals surface area contributed by atoms with E-state index in [-0.39, 0.29) is 6.04 Å². The minimum atomic E-state index is -4.31. The van der Waals surface area contributed by atoms with Crippen LogP contribution >= 0.6 is 15.9 Å². The summed E-state index contributed by atoms with van der Waals surface area (Å²) in [5.74, 6) is 0.397. The van der Waals surface area contributed by atoms with E-state index in [9.17, 15) is 13.2 Å². The van der Waals surface area contributed by atoms with Crippen LogP contribution in [0.1, 0.15) is 24.8 Å². The second-order valence-electron chi connectivity index (χ2n) is 4.87. The highest BCUT2D eigenvalue weighted by Crippen LogP contribution is 2.35. The molecule has 0 bridgehead atoms. The number of nitrogens with two attached hydrogens (primary N) is 1. The summed E-state index contributed by atoms with van der Waals surface area (Å²) in [4.78, 5) is 0. The molecule has 19 heavy (non-hydrogen) atoms. The first-order chi connectivity index (χ1) is 8.91. The topological polar surface area (TPSA) is 38.0 Å². The van der Waals surface area contributed by atoms with E-state index < -0.39 is 11.7 Å². The maximum atomic E-state index is 12.6. The lowest BCUT2D eigenvalue weighted by Gasteiger charge is -2.22. The zero-order chi connectivity index (χ0) is 14.0. The zero-order valence-corrected chi connectivity index (χ0v) is 11.9. The molecule has 2 atom stereocenters.